The van der Waals surface area contributed by atoms with Gasteiger partial charge in [-0.3, -0.25) is 0 Å². The van der Waals surface area contributed by atoms with Crippen molar-refractivity contribution in [3.8, 4) is 17.4 Å². The Bertz CT molecular complexity index is 1350. The first kappa shape index (κ1) is 18.9. The summed E-state index contributed by atoms with van der Waals surface area (Å²) in [6, 6.07) is 26.1. The van der Waals surface area contributed by atoms with Gasteiger partial charge in [-0.25, -0.2) is 9.98 Å². The highest BCUT2D eigenvalue weighted by atomic mass is 16.5. The summed E-state index contributed by atoms with van der Waals surface area (Å²) in [7, 11) is 1.64. The number of aliphatic imine (C=N–C) groups is 1. The number of aromatic nitrogens is 1. The molecule has 5 nitrogen and oxygen atoms in total. The van der Waals surface area contributed by atoms with E-state index in [0.29, 0.717) is 17.5 Å². The average Bonchev–Trinajstić information content (AvgIpc) is 3.29. The summed E-state index contributed by atoms with van der Waals surface area (Å²) < 4.78 is 17.8. The van der Waals surface area contributed by atoms with Gasteiger partial charge in [-0.05, 0) is 54.3 Å². The van der Waals surface area contributed by atoms with Gasteiger partial charge in [0.25, 0.3) is 0 Å². The molecule has 0 unspecified atom stereocenters. The Balaban J connectivity index is 1.29. The predicted molar refractivity (Wildman–Crippen MR) is 124 cm³/mol. The highest BCUT2D eigenvalue weighted by Gasteiger charge is 2.36. The molecule has 0 fully saturated rings. The summed E-state index contributed by atoms with van der Waals surface area (Å²) in [5.41, 5.74) is 4.33. The largest absolute Gasteiger partial charge is 0.494 e. The van der Waals surface area contributed by atoms with E-state index in [1.807, 2.05) is 54.6 Å². The quantitative estimate of drug-likeness (QED) is 0.413. The van der Waals surface area contributed by atoms with Crippen LogP contribution in [0, 0.1) is 0 Å². The van der Waals surface area contributed by atoms with E-state index in [1.54, 1.807) is 7.11 Å². The van der Waals surface area contributed by atoms with Crippen LogP contribution in [0.5, 0.6) is 17.4 Å². The van der Waals surface area contributed by atoms with Gasteiger partial charge in [0.1, 0.15) is 29.2 Å². The third-order valence-corrected chi connectivity index (χ3v) is 6.12. The average molecular weight is 422 g/mol. The van der Waals surface area contributed by atoms with E-state index in [2.05, 4.69) is 29.2 Å². The van der Waals surface area contributed by atoms with Crippen LogP contribution in [0.2, 0.25) is 0 Å². The van der Waals surface area contributed by atoms with Crippen LogP contribution in [-0.2, 0) is 11.2 Å². The Morgan fingerprint density at radius 3 is 2.78 bits per heavy atom. The molecule has 5 heteroatoms. The fourth-order valence-corrected chi connectivity index (χ4v) is 4.56. The minimum atomic E-state index is 0.0640. The van der Waals surface area contributed by atoms with Gasteiger partial charge in [-0.1, -0.05) is 42.5 Å². The SMILES string of the molecule is COc1cccc2ccc(Oc3cccc(C4=N[C@H]5c6ccccc6CC[C@H]5O4)c3)nc12. The predicted octanol–water partition coefficient (Wildman–Crippen LogP) is 5.87. The van der Waals surface area contributed by atoms with Crippen LogP contribution >= 0.6 is 0 Å². The monoisotopic (exact) mass is 422 g/mol. The van der Waals surface area contributed by atoms with Crippen LogP contribution in [-0.4, -0.2) is 24.1 Å². The van der Waals surface area contributed by atoms with Gasteiger partial charge in [0.2, 0.25) is 11.8 Å². The Morgan fingerprint density at radius 2 is 1.84 bits per heavy atom. The highest BCUT2D eigenvalue weighted by molar-refractivity contribution is 5.96. The number of ether oxygens (including phenoxy) is 3. The molecule has 1 aromatic heterocycles. The van der Waals surface area contributed by atoms with E-state index in [0.717, 1.165) is 35.1 Å². The normalized spacial score (nSPS) is 19.0. The van der Waals surface area contributed by atoms with Crippen LogP contribution in [0.3, 0.4) is 0 Å². The molecule has 0 N–H and O–H groups in total. The van der Waals surface area contributed by atoms with Crippen molar-refractivity contribution in [2.24, 2.45) is 4.99 Å². The smallest absolute Gasteiger partial charge is 0.219 e. The molecular formula is C27H22N2O3. The molecule has 0 saturated carbocycles. The number of hydrogen-bond acceptors (Lipinski definition) is 5. The second-order valence-corrected chi connectivity index (χ2v) is 8.08. The first-order valence-corrected chi connectivity index (χ1v) is 10.8. The lowest BCUT2D eigenvalue weighted by atomic mass is 9.86. The number of pyridine rings is 1. The third-order valence-electron chi connectivity index (χ3n) is 6.12. The Kier molecular flexibility index (Phi) is 4.53. The van der Waals surface area contributed by atoms with Crippen molar-refractivity contribution in [2.45, 2.75) is 25.0 Å². The van der Waals surface area contributed by atoms with Crippen molar-refractivity contribution >= 4 is 16.8 Å². The van der Waals surface area contributed by atoms with E-state index >= 15 is 0 Å². The van der Waals surface area contributed by atoms with Crippen LogP contribution < -0.4 is 9.47 Å². The summed E-state index contributed by atoms with van der Waals surface area (Å²) in [5, 5.41) is 1.00. The lowest BCUT2D eigenvalue weighted by Crippen LogP contribution is -2.23. The van der Waals surface area contributed by atoms with Gasteiger partial charge < -0.3 is 14.2 Å². The number of fused-ring (bicyclic) bond motifs is 4. The molecule has 1 aliphatic heterocycles. The zero-order chi connectivity index (χ0) is 21.5. The first-order chi connectivity index (χ1) is 15.8. The summed E-state index contributed by atoms with van der Waals surface area (Å²) >= 11 is 0. The van der Waals surface area contributed by atoms with Crippen molar-refractivity contribution in [1.82, 2.24) is 4.98 Å². The van der Waals surface area contributed by atoms with Crippen molar-refractivity contribution < 1.29 is 14.2 Å². The molecule has 0 spiro atoms. The molecule has 0 bridgehead atoms. The molecule has 6 rings (SSSR count). The van der Waals surface area contributed by atoms with Crippen molar-refractivity contribution in [2.75, 3.05) is 7.11 Å². The maximum Gasteiger partial charge on any atom is 0.219 e. The number of rotatable bonds is 4. The molecule has 2 atom stereocenters. The number of methoxy groups -OCH3 is 1. The second-order valence-electron chi connectivity index (χ2n) is 8.08. The fraction of sp³-hybridized carbons (Fsp3) is 0.185. The fourth-order valence-electron chi connectivity index (χ4n) is 4.56. The van der Waals surface area contributed by atoms with Crippen molar-refractivity contribution in [3.05, 3.63) is 95.6 Å². The van der Waals surface area contributed by atoms with E-state index in [1.165, 1.54) is 11.1 Å². The molecule has 3 aromatic carbocycles. The van der Waals surface area contributed by atoms with E-state index in [-0.39, 0.29) is 12.1 Å². The molecule has 2 heterocycles. The van der Waals surface area contributed by atoms with Gasteiger partial charge >= 0.3 is 0 Å². The van der Waals surface area contributed by atoms with Crippen LogP contribution in [0.15, 0.2) is 83.9 Å². The van der Waals surface area contributed by atoms with Gasteiger partial charge in [-0.2, -0.15) is 0 Å². The molecule has 4 aromatic rings. The standard InChI is InChI=1S/C27H22N2O3/c1-30-22-11-5-7-18-13-15-24(28-25(18)22)31-20-9-4-8-19(16-20)27-29-26-21-10-3-2-6-17(21)12-14-23(26)32-27/h2-11,13,15-16,23,26H,12,14H2,1H3/t23-,26+/m1/s1. The topological polar surface area (TPSA) is 52.9 Å². The third kappa shape index (κ3) is 3.26. The Hall–Kier alpha value is -3.86. The number of benzene rings is 3. The van der Waals surface area contributed by atoms with Gasteiger partial charge in [0.05, 0.1) is 7.11 Å². The van der Waals surface area contributed by atoms with Crippen LogP contribution in [0.1, 0.15) is 29.2 Å². The van der Waals surface area contributed by atoms with Crippen molar-refractivity contribution in [1.29, 1.82) is 0 Å². The summed E-state index contributed by atoms with van der Waals surface area (Å²) in [4.78, 5) is 9.58. The van der Waals surface area contributed by atoms with Crippen LogP contribution in [0.25, 0.3) is 10.9 Å². The maximum atomic E-state index is 6.26. The number of para-hydroxylation sites is 1. The van der Waals surface area contributed by atoms with Gasteiger partial charge in [0, 0.05) is 17.0 Å². The minimum Gasteiger partial charge on any atom is -0.494 e. The molecule has 32 heavy (non-hydrogen) atoms. The molecule has 0 radical (unpaired) electrons. The lowest BCUT2D eigenvalue weighted by Gasteiger charge is -2.25. The zero-order valence-electron chi connectivity index (χ0n) is 17.7. The number of nitrogens with zero attached hydrogens (tertiary/aromatic N) is 2. The molecule has 1 aliphatic carbocycles. The molecule has 0 amide bonds. The van der Waals surface area contributed by atoms with Crippen molar-refractivity contribution in [3.63, 3.8) is 0 Å². The molecule has 2 aliphatic rings. The van der Waals surface area contributed by atoms with E-state index < -0.39 is 0 Å². The van der Waals surface area contributed by atoms with Gasteiger partial charge in [0.15, 0.2) is 0 Å². The number of hydrogen-bond donors (Lipinski definition) is 0. The summed E-state index contributed by atoms with van der Waals surface area (Å²) in [5.74, 6) is 2.59. The first-order valence-electron chi connectivity index (χ1n) is 10.8. The highest BCUT2D eigenvalue weighted by Crippen LogP contribution is 2.39. The Labute approximate surface area is 186 Å². The summed E-state index contributed by atoms with van der Waals surface area (Å²) in [6.45, 7) is 0. The second kappa shape index (κ2) is 7.68. The molecular weight excluding hydrogens is 400 g/mol. The maximum absolute atomic E-state index is 6.26. The number of aryl methyl sites for hydroxylation is 1. The summed E-state index contributed by atoms with van der Waals surface area (Å²) in [6.07, 6.45) is 2.10. The van der Waals surface area contributed by atoms with E-state index in [4.69, 9.17) is 19.2 Å². The zero-order valence-corrected chi connectivity index (χ0v) is 17.7. The van der Waals surface area contributed by atoms with Crippen LogP contribution in [0.4, 0.5) is 0 Å². The molecule has 158 valence electrons. The lowest BCUT2D eigenvalue weighted by molar-refractivity contribution is 0.174. The molecule has 0 saturated heterocycles. The van der Waals surface area contributed by atoms with E-state index in [9.17, 15) is 0 Å². The van der Waals surface area contributed by atoms with Gasteiger partial charge in [-0.15, -0.1) is 0 Å². The minimum absolute atomic E-state index is 0.0640. The Morgan fingerprint density at radius 1 is 0.938 bits per heavy atom.